The Balaban J connectivity index is 1.83. The molecule has 0 spiro atoms. The second kappa shape index (κ2) is 9.40. The predicted molar refractivity (Wildman–Crippen MR) is 106 cm³/mol. The number of piperidine rings is 1. The Kier molecular flexibility index (Phi) is 7.24. The van der Waals surface area contributed by atoms with Crippen LogP contribution in [0.15, 0.2) is 23.3 Å². The van der Waals surface area contributed by atoms with Crippen LogP contribution in [0.5, 0.6) is 0 Å². The molecule has 0 aromatic carbocycles. The van der Waals surface area contributed by atoms with Crippen LogP contribution in [0.1, 0.15) is 45.6 Å². The van der Waals surface area contributed by atoms with Crippen LogP contribution < -0.4 is 20.9 Å². The number of pyridine rings is 1. The van der Waals surface area contributed by atoms with Crippen molar-refractivity contribution in [1.29, 1.82) is 0 Å². The first-order chi connectivity index (χ1) is 12.4. The van der Waals surface area contributed by atoms with Gasteiger partial charge in [0.05, 0.1) is 6.54 Å². The molecule has 7 nitrogen and oxygen atoms in total. The fourth-order valence-electron chi connectivity index (χ4n) is 2.90. The Hall–Kier alpha value is -2.31. The summed E-state index contributed by atoms with van der Waals surface area (Å²) in [6.45, 7) is 8.85. The lowest BCUT2D eigenvalue weighted by molar-refractivity contribution is -0.121. The summed E-state index contributed by atoms with van der Waals surface area (Å²) >= 11 is 0. The van der Waals surface area contributed by atoms with Gasteiger partial charge in [-0.1, -0.05) is 0 Å². The maximum Gasteiger partial charge on any atom is 0.239 e. The smallest absolute Gasteiger partial charge is 0.239 e. The average molecular weight is 361 g/mol. The van der Waals surface area contributed by atoms with E-state index in [1.165, 1.54) is 19.3 Å². The molecular formula is C19H32N6O. The van der Waals surface area contributed by atoms with E-state index in [1.807, 2.05) is 33.0 Å². The molecule has 26 heavy (non-hydrogen) atoms. The molecule has 0 atom stereocenters. The van der Waals surface area contributed by atoms with Gasteiger partial charge in [0.25, 0.3) is 0 Å². The van der Waals surface area contributed by atoms with Crippen molar-refractivity contribution in [2.75, 3.05) is 31.6 Å². The highest BCUT2D eigenvalue weighted by atomic mass is 16.2. The van der Waals surface area contributed by atoms with E-state index < -0.39 is 0 Å². The monoisotopic (exact) mass is 360 g/mol. The molecule has 0 bridgehead atoms. The second-order valence-electron chi connectivity index (χ2n) is 7.65. The Morgan fingerprint density at radius 2 is 1.96 bits per heavy atom. The van der Waals surface area contributed by atoms with Gasteiger partial charge in [-0.25, -0.2) is 4.98 Å². The molecule has 144 valence electrons. The van der Waals surface area contributed by atoms with Gasteiger partial charge in [0, 0.05) is 38.4 Å². The van der Waals surface area contributed by atoms with Crippen LogP contribution in [0.3, 0.4) is 0 Å². The zero-order valence-electron chi connectivity index (χ0n) is 16.4. The minimum absolute atomic E-state index is 0.0586. The lowest BCUT2D eigenvalue weighted by Crippen LogP contribution is -2.48. The molecule has 7 heteroatoms. The minimum atomic E-state index is -0.238. The number of hydrogen-bond acceptors (Lipinski definition) is 4. The number of carbonyl (C=O) groups is 1. The fraction of sp³-hybridized carbons (Fsp3) is 0.632. The van der Waals surface area contributed by atoms with Crippen LogP contribution in [-0.4, -0.2) is 49.1 Å². The highest BCUT2D eigenvalue weighted by Gasteiger charge is 2.14. The molecule has 0 unspecified atom stereocenters. The van der Waals surface area contributed by atoms with Crippen molar-refractivity contribution in [2.45, 2.75) is 52.1 Å². The Bertz CT molecular complexity index is 617. The molecule has 1 aliphatic heterocycles. The van der Waals surface area contributed by atoms with Gasteiger partial charge >= 0.3 is 0 Å². The minimum Gasteiger partial charge on any atom is -0.357 e. The average Bonchev–Trinajstić information content (AvgIpc) is 2.61. The van der Waals surface area contributed by atoms with E-state index in [4.69, 9.17) is 0 Å². The molecule has 3 N–H and O–H groups in total. The third kappa shape index (κ3) is 6.90. The maximum absolute atomic E-state index is 11.9. The lowest BCUT2D eigenvalue weighted by atomic mass is 10.1. The summed E-state index contributed by atoms with van der Waals surface area (Å²) in [6, 6.07) is 4.12. The second-order valence-corrected chi connectivity index (χ2v) is 7.65. The number of rotatable bonds is 5. The number of hydrogen-bond donors (Lipinski definition) is 3. The van der Waals surface area contributed by atoms with Gasteiger partial charge < -0.3 is 20.9 Å². The van der Waals surface area contributed by atoms with Crippen molar-refractivity contribution in [2.24, 2.45) is 4.99 Å². The van der Waals surface area contributed by atoms with Gasteiger partial charge in [0.1, 0.15) is 5.82 Å². The molecule has 1 saturated heterocycles. The summed E-state index contributed by atoms with van der Waals surface area (Å²) in [6.07, 6.45) is 5.63. The summed E-state index contributed by atoms with van der Waals surface area (Å²) < 4.78 is 0. The van der Waals surface area contributed by atoms with Gasteiger partial charge in [0.2, 0.25) is 5.91 Å². The number of aliphatic imine (C=N–C) groups is 1. The summed E-state index contributed by atoms with van der Waals surface area (Å²) in [5.74, 6) is 1.58. The van der Waals surface area contributed by atoms with E-state index in [0.29, 0.717) is 12.5 Å². The van der Waals surface area contributed by atoms with Gasteiger partial charge in [-0.2, -0.15) is 0 Å². The molecule has 1 aliphatic rings. The van der Waals surface area contributed by atoms with E-state index in [9.17, 15) is 4.79 Å². The number of guanidine groups is 1. The van der Waals surface area contributed by atoms with Crippen LogP contribution in [0.25, 0.3) is 0 Å². The van der Waals surface area contributed by atoms with Crippen LogP contribution >= 0.6 is 0 Å². The summed E-state index contributed by atoms with van der Waals surface area (Å²) in [5, 5.41) is 9.21. The number of nitrogens with zero attached hydrogens (tertiary/aromatic N) is 3. The molecule has 2 heterocycles. The Morgan fingerprint density at radius 1 is 1.23 bits per heavy atom. The van der Waals surface area contributed by atoms with Gasteiger partial charge in [-0.3, -0.25) is 9.79 Å². The number of carbonyl (C=O) groups excluding carboxylic acids is 1. The van der Waals surface area contributed by atoms with E-state index >= 15 is 0 Å². The highest BCUT2D eigenvalue weighted by molar-refractivity contribution is 5.86. The number of nitrogens with one attached hydrogen (secondary N) is 3. The fourth-order valence-corrected chi connectivity index (χ4v) is 2.90. The summed E-state index contributed by atoms with van der Waals surface area (Å²) in [7, 11) is 1.70. The molecule has 1 aromatic rings. The third-order valence-electron chi connectivity index (χ3n) is 4.10. The molecule has 0 saturated carbocycles. The molecule has 0 radical (unpaired) electrons. The number of aromatic nitrogens is 1. The SMILES string of the molecule is CN=C(NCC(=O)NC(C)(C)C)NCc1ccnc(N2CCCCC2)c1. The zero-order chi connectivity index (χ0) is 19.0. The standard InChI is InChI=1S/C19H32N6O/c1-19(2,3)24-17(26)14-23-18(20-4)22-13-15-8-9-21-16(12-15)25-10-6-5-7-11-25/h8-9,12H,5-7,10-11,13-14H2,1-4H3,(H,24,26)(H2,20,22,23). The first kappa shape index (κ1) is 20.0. The van der Waals surface area contributed by atoms with Gasteiger partial charge in [-0.15, -0.1) is 0 Å². The first-order valence-corrected chi connectivity index (χ1v) is 9.33. The largest absolute Gasteiger partial charge is 0.357 e. The zero-order valence-corrected chi connectivity index (χ0v) is 16.4. The van der Waals surface area contributed by atoms with E-state index in [-0.39, 0.29) is 18.0 Å². The molecular weight excluding hydrogens is 328 g/mol. The Morgan fingerprint density at radius 3 is 2.62 bits per heavy atom. The van der Waals surface area contributed by atoms with Crippen LogP contribution in [0.4, 0.5) is 5.82 Å². The van der Waals surface area contributed by atoms with Crippen molar-refractivity contribution in [1.82, 2.24) is 20.9 Å². The number of amides is 1. The summed E-state index contributed by atoms with van der Waals surface area (Å²) in [5.41, 5.74) is 0.903. The Labute approximate surface area is 156 Å². The van der Waals surface area contributed by atoms with Crippen LogP contribution in [0, 0.1) is 0 Å². The first-order valence-electron chi connectivity index (χ1n) is 9.33. The van der Waals surface area contributed by atoms with Crippen molar-refractivity contribution in [3.8, 4) is 0 Å². The van der Waals surface area contributed by atoms with E-state index in [0.717, 1.165) is 24.5 Å². The normalized spacial score (nSPS) is 15.5. The summed E-state index contributed by atoms with van der Waals surface area (Å²) in [4.78, 5) is 22.9. The van der Waals surface area contributed by atoms with E-state index in [2.05, 4.69) is 36.9 Å². The molecule has 1 aromatic heterocycles. The van der Waals surface area contributed by atoms with Crippen molar-refractivity contribution >= 4 is 17.7 Å². The lowest BCUT2D eigenvalue weighted by Gasteiger charge is -2.28. The predicted octanol–water partition coefficient (Wildman–Crippen LogP) is 1.65. The van der Waals surface area contributed by atoms with Crippen LogP contribution in [-0.2, 0) is 11.3 Å². The maximum atomic E-state index is 11.9. The third-order valence-corrected chi connectivity index (χ3v) is 4.10. The van der Waals surface area contributed by atoms with Crippen molar-refractivity contribution in [3.05, 3.63) is 23.9 Å². The molecule has 1 amide bonds. The van der Waals surface area contributed by atoms with Gasteiger partial charge in [0.15, 0.2) is 5.96 Å². The molecule has 2 rings (SSSR count). The van der Waals surface area contributed by atoms with Gasteiger partial charge in [-0.05, 0) is 57.7 Å². The quantitative estimate of drug-likeness (QED) is 0.549. The van der Waals surface area contributed by atoms with E-state index in [1.54, 1.807) is 7.05 Å². The molecule has 1 fully saturated rings. The number of anilines is 1. The van der Waals surface area contributed by atoms with Crippen molar-refractivity contribution in [3.63, 3.8) is 0 Å². The van der Waals surface area contributed by atoms with Crippen molar-refractivity contribution < 1.29 is 4.79 Å². The van der Waals surface area contributed by atoms with Crippen LogP contribution in [0.2, 0.25) is 0 Å². The highest BCUT2D eigenvalue weighted by Crippen LogP contribution is 2.18. The topological polar surface area (TPSA) is 81.6 Å². The molecule has 0 aliphatic carbocycles.